The fourth-order valence-corrected chi connectivity index (χ4v) is 3.66. The van der Waals surface area contributed by atoms with E-state index in [4.69, 9.17) is 0 Å². The van der Waals surface area contributed by atoms with E-state index in [2.05, 4.69) is 23.3 Å². The number of benzene rings is 2. The Balaban J connectivity index is 1.65. The molecule has 1 N–H and O–H groups in total. The SMILES string of the molecule is CSc1cccc(NC(=O)CSc2cc(C)c3ccccc3n2)c1. The van der Waals surface area contributed by atoms with Crippen molar-refractivity contribution in [1.29, 1.82) is 0 Å². The molecule has 1 aromatic heterocycles. The van der Waals surface area contributed by atoms with Crippen LogP contribution in [0.2, 0.25) is 0 Å². The molecule has 0 spiro atoms. The number of pyridine rings is 1. The largest absolute Gasteiger partial charge is 0.325 e. The van der Waals surface area contributed by atoms with Crippen LogP contribution in [0.5, 0.6) is 0 Å². The summed E-state index contributed by atoms with van der Waals surface area (Å²) in [5.74, 6) is 0.319. The first-order valence-electron chi connectivity index (χ1n) is 7.59. The number of aryl methyl sites for hydroxylation is 1. The van der Waals surface area contributed by atoms with Gasteiger partial charge in [-0.25, -0.2) is 4.98 Å². The summed E-state index contributed by atoms with van der Waals surface area (Å²) < 4.78 is 0. The van der Waals surface area contributed by atoms with Crippen LogP contribution in [0, 0.1) is 6.92 Å². The van der Waals surface area contributed by atoms with Gasteiger partial charge in [0.2, 0.25) is 5.91 Å². The number of nitrogens with one attached hydrogen (secondary N) is 1. The Hall–Kier alpha value is -1.98. The third-order valence-electron chi connectivity index (χ3n) is 3.60. The van der Waals surface area contributed by atoms with Crippen molar-refractivity contribution >= 4 is 46.0 Å². The maximum absolute atomic E-state index is 12.2. The maximum atomic E-state index is 12.2. The van der Waals surface area contributed by atoms with E-state index in [-0.39, 0.29) is 5.91 Å². The molecule has 0 aliphatic heterocycles. The summed E-state index contributed by atoms with van der Waals surface area (Å²) in [6, 6.07) is 18.0. The zero-order valence-electron chi connectivity index (χ0n) is 13.6. The monoisotopic (exact) mass is 354 g/mol. The molecule has 0 unspecified atom stereocenters. The lowest BCUT2D eigenvalue weighted by molar-refractivity contribution is -0.113. The van der Waals surface area contributed by atoms with Gasteiger partial charge in [0.1, 0.15) is 0 Å². The minimum Gasteiger partial charge on any atom is -0.325 e. The van der Waals surface area contributed by atoms with E-state index in [9.17, 15) is 4.79 Å². The normalized spacial score (nSPS) is 10.8. The van der Waals surface area contributed by atoms with E-state index in [1.807, 2.05) is 54.8 Å². The van der Waals surface area contributed by atoms with Gasteiger partial charge in [0.25, 0.3) is 0 Å². The van der Waals surface area contributed by atoms with Crippen LogP contribution >= 0.6 is 23.5 Å². The van der Waals surface area contributed by atoms with Gasteiger partial charge in [-0.3, -0.25) is 4.79 Å². The lowest BCUT2D eigenvalue weighted by Crippen LogP contribution is -2.14. The minimum absolute atomic E-state index is 0.0223. The van der Waals surface area contributed by atoms with Gasteiger partial charge in [0, 0.05) is 16.0 Å². The van der Waals surface area contributed by atoms with Gasteiger partial charge in [-0.05, 0) is 49.1 Å². The number of aromatic nitrogens is 1. The Labute approximate surface area is 150 Å². The van der Waals surface area contributed by atoms with Crippen LogP contribution < -0.4 is 5.32 Å². The summed E-state index contributed by atoms with van der Waals surface area (Å²) in [5, 5.41) is 4.97. The summed E-state index contributed by atoms with van der Waals surface area (Å²) in [6.45, 7) is 2.07. The van der Waals surface area contributed by atoms with E-state index in [0.29, 0.717) is 5.75 Å². The number of nitrogens with zero attached hydrogens (tertiary/aromatic N) is 1. The second-order valence-corrected chi connectivity index (χ2v) is 7.24. The molecule has 0 aliphatic rings. The molecular formula is C19H18N2OS2. The van der Waals surface area contributed by atoms with Crippen molar-refractivity contribution in [3.05, 3.63) is 60.2 Å². The van der Waals surface area contributed by atoms with Crippen LogP contribution in [0.25, 0.3) is 10.9 Å². The summed E-state index contributed by atoms with van der Waals surface area (Å²) in [6.07, 6.45) is 2.02. The first-order chi connectivity index (χ1) is 11.7. The van der Waals surface area contributed by atoms with Crippen molar-refractivity contribution in [3.8, 4) is 0 Å². The van der Waals surface area contributed by atoms with Gasteiger partial charge in [0.05, 0.1) is 16.3 Å². The third-order valence-corrected chi connectivity index (χ3v) is 5.24. The van der Waals surface area contributed by atoms with E-state index in [1.165, 1.54) is 17.3 Å². The minimum atomic E-state index is -0.0223. The molecule has 3 nitrogen and oxygen atoms in total. The lowest BCUT2D eigenvalue weighted by atomic mass is 10.1. The predicted octanol–water partition coefficient (Wildman–Crippen LogP) is 5.00. The quantitative estimate of drug-likeness (QED) is 0.655. The fourth-order valence-electron chi connectivity index (χ4n) is 2.43. The molecular weight excluding hydrogens is 336 g/mol. The third kappa shape index (κ3) is 4.10. The fraction of sp³-hybridized carbons (Fsp3) is 0.158. The highest BCUT2D eigenvalue weighted by atomic mass is 32.2. The summed E-state index contributed by atoms with van der Waals surface area (Å²) >= 11 is 3.11. The van der Waals surface area contributed by atoms with Crippen LogP contribution in [0.15, 0.2) is 64.5 Å². The highest BCUT2D eigenvalue weighted by molar-refractivity contribution is 8.00. The molecule has 1 heterocycles. The van der Waals surface area contributed by atoms with Crippen LogP contribution in [0.1, 0.15) is 5.56 Å². The van der Waals surface area contributed by atoms with Gasteiger partial charge >= 0.3 is 0 Å². The van der Waals surface area contributed by atoms with Crippen molar-refractivity contribution in [2.45, 2.75) is 16.8 Å². The van der Waals surface area contributed by atoms with Gasteiger partial charge in [-0.15, -0.1) is 11.8 Å². The molecule has 3 aromatic rings. The molecule has 24 heavy (non-hydrogen) atoms. The Morgan fingerprint density at radius 3 is 2.79 bits per heavy atom. The molecule has 0 saturated carbocycles. The van der Waals surface area contributed by atoms with Crippen LogP contribution in [-0.2, 0) is 4.79 Å². The molecule has 0 atom stereocenters. The van der Waals surface area contributed by atoms with Gasteiger partial charge < -0.3 is 5.32 Å². The van der Waals surface area contributed by atoms with Crippen molar-refractivity contribution in [2.75, 3.05) is 17.3 Å². The molecule has 0 saturated heterocycles. The topological polar surface area (TPSA) is 42.0 Å². The van der Waals surface area contributed by atoms with Gasteiger partial charge in [-0.2, -0.15) is 0 Å². The molecule has 3 rings (SSSR count). The van der Waals surface area contributed by atoms with E-state index < -0.39 is 0 Å². The molecule has 2 aromatic carbocycles. The second-order valence-electron chi connectivity index (χ2n) is 5.36. The first-order valence-corrected chi connectivity index (χ1v) is 9.80. The summed E-state index contributed by atoms with van der Waals surface area (Å²) in [7, 11) is 0. The zero-order valence-corrected chi connectivity index (χ0v) is 15.2. The first kappa shape index (κ1) is 16.9. The number of hydrogen-bond donors (Lipinski definition) is 1. The number of hydrogen-bond acceptors (Lipinski definition) is 4. The summed E-state index contributed by atoms with van der Waals surface area (Å²) in [4.78, 5) is 17.9. The van der Waals surface area contributed by atoms with Crippen LogP contribution in [0.3, 0.4) is 0 Å². The van der Waals surface area contributed by atoms with Crippen molar-refractivity contribution in [3.63, 3.8) is 0 Å². The lowest BCUT2D eigenvalue weighted by Gasteiger charge is -2.08. The number of carbonyl (C=O) groups excluding carboxylic acids is 1. The van der Waals surface area contributed by atoms with E-state index in [0.717, 1.165) is 26.5 Å². The number of thioether (sulfide) groups is 2. The number of carbonyl (C=O) groups is 1. The van der Waals surface area contributed by atoms with E-state index >= 15 is 0 Å². The highest BCUT2D eigenvalue weighted by Gasteiger charge is 2.07. The summed E-state index contributed by atoms with van der Waals surface area (Å²) in [5.41, 5.74) is 2.97. The second kappa shape index (κ2) is 7.73. The molecule has 5 heteroatoms. The molecule has 122 valence electrons. The molecule has 0 aliphatic carbocycles. The number of fused-ring (bicyclic) bond motifs is 1. The smallest absolute Gasteiger partial charge is 0.234 e. The van der Waals surface area contributed by atoms with Gasteiger partial charge in [-0.1, -0.05) is 36.0 Å². The average molecular weight is 354 g/mol. The maximum Gasteiger partial charge on any atom is 0.234 e. The number of rotatable bonds is 5. The van der Waals surface area contributed by atoms with Crippen LogP contribution in [0.4, 0.5) is 5.69 Å². The van der Waals surface area contributed by atoms with Crippen molar-refractivity contribution in [2.24, 2.45) is 0 Å². The van der Waals surface area contributed by atoms with Crippen molar-refractivity contribution < 1.29 is 4.79 Å². The van der Waals surface area contributed by atoms with Crippen molar-refractivity contribution in [1.82, 2.24) is 4.98 Å². The number of para-hydroxylation sites is 1. The van der Waals surface area contributed by atoms with Gasteiger partial charge in [0.15, 0.2) is 0 Å². The van der Waals surface area contributed by atoms with E-state index in [1.54, 1.807) is 11.8 Å². The average Bonchev–Trinajstić information content (AvgIpc) is 2.60. The number of anilines is 1. The molecule has 0 fully saturated rings. The Bertz CT molecular complexity index is 880. The Kier molecular flexibility index (Phi) is 5.43. The molecule has 0 radical (unpaired) electrons. The number of amides is 1. The Morgan fingerprint density at radius 1 is 1.12 bits per heavy atom. The molecule has 0 bridgehead atoms. The van der Waals surface area contributed by atoms with Crippen LogP contribution in [-0.4, -0.2) is 22.9 Å². The predicted molar refractivity (Wildman–Crippen MR) is 104 cm³/mol. The Morgan fingerprint density at radius 2 is 1.96 bits per heavy atom. The molecule has 1 amide bonds. The zero-order chi connectivity index (χ0) is 16.9. The highest BCUT2D eigenvalue weighted by Crippen LogP contribution is 2.24. The standard InChI is InChI=1S/C19H18N2OS2/c1-13-10-19(21-17-9-4-3-8-16(13)17)24-12-18(22)20-14-6-5-7-15(11-14)23-2/h3-11H,12H2,1-2H3,(H,20,22).